The number of aromatic nitrogens is 4. The summed E-state index contributed by atoms with van der Waals surface area (Å²) in [5, 5.41) is 20.2. The number of carboxylic acid groups (broad SMARTS) is 1. The molecule has 7 nitrogen and oxygen atoms in total. The van der Waals surface area contributed by atoms with Crippen molar-refractivity contribution in [3.63, 3.8) is 0 Å². The lowest BCUT2D eigenvalue weighted by molar-refractivity contribution is 0.0697. The second-order valence-electron chi connectivity index (χ2n) is 5.45. The zero-order chi connectivity index (χ0) is 17.2. The maximum Gasteiger partial charge on any atom is 0.335 e. The maximum absolute atomic E-state index is 11.1. The fraction of sp³-hybridized carbons (Fsp3) is 0. The summed E-state index contributed by atoms with van der Waals surface area (Å²) in [6, 6.07) is 14.1. The van der Waals surface area contributed by atoms with Crippen molar-refractivity contribution < 1.29 is 9.90 Å². The topological polar surface area (TPSA) is 104 Å². The van der Waals surface area contributed by atoms with E-state index in [1.165, 1.54) is 6.07 Å². The van der Waals surface area contributed by atoms with E-state index in [9.17, 15) is 4.79 Å². The van der Waals surface area contributed by atoms with Gasteiger partial charge in [-0.3, -0.25) is 5.10 Å². The Morgan fingerprint density at radius 2 is 2.04 bits per heavy atom. The molecule has 0 radical (unpaired) electrons. The molecule has 2 aromatic heterocycles. The number of fused-ring (bicyclic) bond motifs is 1. The molecular weight excluding hydrogens is 318 g/mol. The number of carboxylic acids is 1. The number of hydrogen-bond donors (Lipinski definition) is 3. The molecule has 0 fully saturated rings. The molecule has 0 atom stereocenters. The molecule has 0 amide bonds. The highest BCUT2D eigenvalue weighted by Gasteiger charge is 2.08. The van der Waals surface area contributed by atoms with Crippen molar-refractivity contribution in [1.29, 1.82) is 0 Å². The Bertz CT molecular complexity index is 1070. The van der Waals surface area contributed by atoms with Gasteiger partial charge in [-0.2, -0.15) is 5.10 Å². The van der Waals surface area contributed by atoms with E-state index in [-0.39, 0.29) is 5.56 Å². The average molecular weight is 331 g/mol. The summed E-state index contributed by atoms with van der Waals surface area (Å²) in [5.41, 5.74) is 2.68. The van der Waals surface area contributed by atoms with Crippen LogP contribution in [0.5, 0.6) is 0 Å². The molecule has 2 aromatic carbocycles. The van der Waals surface area contributed by atoms with E-state index in [0.717, 1.165) is 16.6 Å². The standard InChI is InChI=1S/C18H13N5O2/c24-18(25)12-3-1-2-11(8-12)17-19-7-6-16(22-17)21-14-4-5-15-13(9-14)10-20-23-15/h1-10H,(H,20,23)(H,24,25)(H,19,21,22). The molecule has 4 rings (SSSR count). The minimum Gasteiger partial charge on any atom is -0.478 e. The highest BCUT2D eigenvalue weighted by atomic mass is 16.4. The summed E-state index contributed by atoms with van der Waals surface area (Å²) in [7, 11) is 0. The lowest BCUT2D eigenvalue weighted by Gasteiger charge is -2.07. The third-order valence-corrected chi connectivity index (χ3v) is 3.74. The van der Waals surface area contributed by atoms with Crippen LogP contribution in [0.25, 0.3) is 22.3 Å². The number of aromatic amines is 1. The molecule has 122 valence electrons. The quantitative estimate of drug-likeness (QED) is 0.529. The highest BCUT2D eigenvalue weighted by Crippen LogP contribution is 2.22. The minimum absolute atomic E-state index is 0.199. The van der Waals surface area contributed by atoms with Gasteiger partial charge in [-0.15, -0.1) is 0 Å². The molecule has 0 aliphatic heterocycles. The number of aromatic carboxylic acids is 1. The second-order valence-corrected chi connectivity index (χ2v) is 5.45. The van der Waals surface area contributed by atoms with E-state index in [1.54, 1.807) is 36.7 Å². The summed E-state index contributed by atoms with van der Waals surface area (Å²) in [6.07, 6.45) is 3.39. The molecule has 4 aromatic rings. The van der Waals surface area contributed by atoms with Gasteiger partial charge in [0.15, 0.2) is 5.82 Å². The van der Waals surface area contributed by atoms with Gasteiger partial charge in [0, 0.05) is 22.8 Å². The Labute approximate surface area is 142 Å². The first-order chi connectivity index (χ1) is 12.2. The summed E-state index contributed by atoms with van der Waals surface area (Å²) in [6.45, 7) is 0. The Morgan fingerprint density at radius 3 is 2.92 bits per heavy atom. The van der Waals surface area contributed by atoms with Crippen LogP contribution in [0.4, 0.5) is 11.5 Å². The molecule has 7 heteroatoms. The number of benzene rings is 2. The first-order valence-electron chi connectivity index (χ1n) is 7.56. The van der Waals surface area contributed by atoms with Crippen LogP contribution in [0.3, 0.4) is 0 Å². The first-order valence-corrected chi connectivity index (χ1v) is 7.56. The van der Waals surface area contributed by atoms with Crippen molar-refractivity contribution in [2.75, 3.05) is 5.32 Å². The zero-order valence-corrected chi connectivity index (χ0v) is 13.0. The Balaban J connectivity index is 1.65. The van der Waals surface area contributed by atoms with Crippen molar-refractivity contribution >= 4 is 28.4 Å². The van der Waals surface area contributed by atoms with Crippen molar-refractivity contribution in [2.24, 2.45) is 0 Å². The van der Waals surface area contributed by atoms with Crippen LogP contribution in [0.1, 0.15) is 10.4 Å². The van der Waals surface area contributed by atoms with Gasteiger partial charge >= 0.3 is 5.97 Å². The Hall–Kier alpha value is -3.74. The lowest BCUT2D eigenvalue weighted by atomic mass is 10.1. The highest BCUT2D eigenvalue weighted by molar-refractivity contribution is 5.89. The molecule has 25 heavy (non-hydrogen) atoms. The second kappa shape index (κ2) is 6.04. The van der Waals surface area contributed by atoms with Crippen LogP contribution in [0, 0.1) is 0 Å². The summed E-state index contributed by atoms with van der Waals surface area (Å²) in [5.74, 6) is 0.0932. The minimum atomic E-state index is -0.982. The van der Waals surface area contributed by atoms with Crippen molar-refractivity contribution in [1.82, 2.24) is 20.2 Å². The van der Waals surface area contributed by atoms with Crippen LogP contribution < -0.4 is 5.32 Å². The molecule has 0 saturated carbocycles. The predicted molar refractivity (Wildman–Crippen MR) is 93.8 cm³/mol. The van der Waals surface area contributed by atoms with Crippen LogP contribution in [0.15, 0.2) is 60.9 Å². The number of anilines is 2. The number of nitrogens with zero attached hydrogens (tertiary/aromatic N) is 3. The average Bonchev–Trinajstić information content (AvgIpc) is 3.10. The normalized spacial score (nSPS) is 10.7. The number of nitrogens with one attached hydrogen (secondary N) is 2. The summed E-state index contributed by atoms with van der Waals surface area (Å²) >= 11 is 0. The molecule has 0 saturated heterocycles. The van der Waals surface area contributed by atoms with Gasteiger partial charge in [-0.25, -0.2) is 14.8 Å². The Kier molecular flexibility index (Phi) is 3.59. The van der Waals surface area contributed by atoms with Crippen LogP contribution in [-0.2, 0) is 0 Å². The zero-order valence-electron chi connectivity index (χ0n) is 13.0. The van der Waals surface area contributed by atoms with Gasteiger partial charge in [-0.05, 0) is 36.4 Å². The van der Waals surface area contributed by atoms with Gasteiger partial charge < -0.3 is 10.4 Å². The molecule has 0 aliphatic carbocycles. The largest absolute Gasteiger partial charge is 0.478 e. The van der Waals surface area contributed by atoms with Gasteiger partial charge in [0.05, 0.1) is 17.3 Å². The van der Waals surface area contributed by atoms with E-state index in [4.69, 9.17) is 5.11 Å². The van der Waals surface area contributed by atoms with Crippen LogP contribution in [0.2, 0.25) is 0 Å². The van der Waals surface area contributed by atoms with Gasteiger partial charge in [-0.1, -0.05) is 12.1 Å². The lowest BCUT2D eigenvalue weighted by Crippen LogP contribution is -1.99. The molecule has 3 N–H and O–H groups in total. The van der Waals surface area contributed by atoms with Gasteiger partial charge in [0.2, 0.25) is 0 Å². The molecule has 2 heterocycles. The van der Waals surface area contributed by atoms with E-state index in [0.29, 0.717) is 17.2 Å². The SMILES string of the molecule is O=C(O)c1cccc(-c2nccc(Nc3ccc4[nH]ncc4c3)n2)c1. The fourth-order valence-corrected chi connectivity index (χ4v) is 2.53. The van der Waals surface area contributed by atoms with Crippen molar-refractivity contribution in [3.8, 4) is 11.4 Å². The van der Waals surface area contributed by atoms with E-state index in [2.05, 4.69) is 25.5 Å². The van der Waals surface area contributed by atoms with E-state index >= 15 is 0 Å². The van der Waals surface area contributed by atoms with E-state index in [1.807, 2.05) is 18.2 Å². The summed E-state index contributed by atoms with van der Waals surface area (Å²) in [4.78, 5) is 19.8. The Morgan fingerprint density at radius 1 is 1.12 bits per heavy atom. The van der Waals surface area contributed by atoms with Crippen molar-refractivity contribution in [3.05, 3.63) is 66.5 Å². The smallest absolute Gasteiger partial charge is 0.335 e. The van der Waals surface area contributed by atoms with Crippen molar-refractivity contribution in [2.45, 2.75) is 0 Å². The number of hydrogen-bond acceptors (Lipinski definition) is 5. The summed E-state index contributed by atoms with van der Waals surface area (Å²) < 4.78 is 0. The maximum atomic E-state index is 11.1. The predicted octanol–water partition coefficient (Wildman–Crippen LogP) is 3.46. The van der Waals surface area contributed by atoms with Crippen LogP contribution >= 0.6 is 0 Å². The molecular formula is C18H13N5O2. The first kappa shape index (κ1) is 14.8. The fourth-order valence-electron chi connectivity index (χ4n) is 2.53. The molecule has 0 aliphatic rings. The van der Waals surface area contributed by atoms with Crippen LogP contribution in [-0.4, -0.2) is 31.2 Å². The van der Waals surface area contributed by atoms with Gasteiger partial charge in [0.1, 0.15) is 5.82 Å². The molecule has 0 bridgehead atoms. The number of H-pyrrole nitrogens is 1. The van der Waals surface area contributed by atoms with Gasteiger partial charge in [0.25, 0.3) is 0 Å². The monoisotopic (exact) mass is 331 g/mol. The third kappa shape index (κ3) is 3.02. The molecule has 0 unspecified atom stereocenters. The number of rotatable bonds is 4. The van der Waals surface area contributed by atoms with E-state index < -0.39 is 5.97 Å². The molecule has 0 spiro atoms. The third-order valence-electron chi connectivity index (χ3n) is 3.74. The number of carbonyl (C=O) groups is 1.